The van der Waals surface area contributed by atoms with Gasteiger partial charge in [0.05, 0.1) is 12.2 Å². The first-order valence-electron chi connectivity index (χ1n) is 5.58. The van der Waals surface area contributed by atoms with E-state index in [9.17, 15) is 9.50 Å². The molecule has 0 amide bonds. The van der Waals surface area contributed by atoms with Crippen LogP contribution in [0.25, 0.3) is 0 Å². The number of aryl methyl sites for hydroxylation is 1. The van der Waals surface area contributed by atoms with Crippen molar-refractivity contribution in [3.05, 3.63) is 35.1 Å². The second-order valence-electron chi connectivity index (χ2n) is 4.67. The molecule has 0 aliphatic carbocycles. The van der Waals surface area contributed by atoms with E-state index in [4.69, 9.17) is 4.74 Å². The van der Waals surface area contributed by atoms with Crippen LogP contribution in [0.3, 0.4) is 0 Å². The van der Waals surface area contributed by atoms with Gasteiger partial charge in [0.25, 0.3) is 0 Å². The zero-order chi connectivity index (χ0) is 11.8. The van der Waals surface area contributed by atoms with Crippen molar-refractivity contribution in [1.82, 2.24) is 0 Å². The molecule has 1 aromatic rings. The molecule has 0 bridgehead atoms. The highest BCUT2D eigenvalue weighted by atomic mass is 19.1. The van der Waals surface area contributed by atoms with Gasteiger partial charge in [0.15, 0.2) is 0 Å². The quantitative estimate of drug-likeness (QED) is 0.835. The Hall–Kier alpha value is -0.930. The van der Waals surface area contributed by atoms with Gasteiger partial charge in [0.1, 0.15) is 5.82 Å². The van der Waals surface area contributed by atoms with Crippen LogP contribution in [-0.4, -0.2) is 18.3 Å². The molecule has 0 aromatic heterocycles. The largest absolute Gasteiger partial charge is 0.385 e. The normalized spacial score (nSPS) is 24.4. The van der Waals surface area contributed by atoms with Crippen LogP contribution < -0.4 is 0 Å². The van der Waals surface area contributed by atoms with E-state index in [1.165, 1.54) is 12.1 Å². The van der Waals surface area contributed by atoms with Gasteiger partial charge in [-0.15, -0.1) is 0 Å². The first-order valence-corrected chi connectivity index (χ1v) is 5.58. The average molecular weight is 224 g/mol. The summed E-state index contributed by atoms with van der Waals surface area (Å²) in [7, 11) is 0. The predicted octanol–water partition coefficient (Wildman–Crippen LogP) is 2.38. The number of rotatable bonds is 2. The Morgan fingerprint density at radius 1 is 1.50 bits per heavy atom. The number of hydrogen-bond acceptors (Lipinski definition) is 2. The maximum atomic E-state index is 13.2. The van der Waals surface area contributed by atoms with E-state index < -0.39 is 5.60 Å². The van der Waals surface area contributed by atoms with Crippen molar-refractivity contribution in [3.8, 4) is 0 Å². The third kappa shape index (κ3) is 1.97. The van der Waals surface area contributed by atoms with E-state index >= 15 is 0 Å². The second kappa shape index (κ2) is 4.15. The Labute approximate surface area is 95.1 Å². The Morgan fingerprint density at radius 2 is 2.25 bits per heavy atom. The van der Waals surface area contributed by atoms with Gasteiger partial charge in [-0.2, -0.15) is 0 Å². The monoisotopic (exact) mass is 224 g/mol. The molecule has 0 spiro atoms. The van der Waals surface area contributed by atoms with Crippen molar-refractivity contribution in [1.29, 1.82) is 0 Å². The summed E-state index contributed by atoms with van der Waals surface area (Å²) >= 11 is 0. The minimum Gasteiger partial charge on any atom is -0.385 e. The summed E-state index contributed by atoms with van der Waals surface area (Å²) in [5.74, 6) is -0.257. The lowest BCUT2D eigenvalue weighted by Gasteiger charge is -2.31. The number of ether oxygens (including phenoxy) is 1. The molecule has 1 N–H and O–H groups in total. The van der Waals surface area contributed by atoms with E-state index in [1.54, 1.807) is 13.0 Å². The molecule has 2 atom stereocenters. The molecule has 1 heterocycles. The summed E-state index contributed by atoms with van der Waals surface area (Å²) in [5, 5.41) is 10.5. The summed E-state index contributed by atoms with van der Waals surface area (Å²) < 4.78 is 18.5. The molecule has 0 saturated carbocycles. The third-order valence-electron chi connectivity index (χ3n) is 3.47. The molecule has 3 heteroatoms. The SMILES string of the molecule is Cc1ccc(F)cc1C(C)(O)C1CCOC1. The lowest BCUT2D eigenvalue weighted by atomic mass is 9.80. The van der Waals surface area contributed by atoms with Crippen molar-refractivity contribution in [2.45, 2.75) is 25.9 Å². The number of hydrogen-bond donors (Lipinski definition) is 1. The smallest absolute Gasteiger partial charge is 0.123 e. The molecule has 1 fully saturated rings. The van der Waals surface area contributed by atoms with Crippen molar-refractivity contribution in [3.63, 3.8) is 0 Å². The molecule has 1 aliphatic rings. The van der Waals surface area contributed by atoms with Crippen LogP contribution in [0.1, 0.15) is 24.5 Å². The molecule has 2 rings (SSSR count). The summed E-state index contributed by atoms with van der Waals surface area (Å²) in [6, 6.07) is 4.54. The van der Waals surface area contributed by atoms with Crippen molar-refractivity contribution >= 4 is 0 Å². The predicted molar refractivity (Wildman–Crippen MR) is 59.6 cm³/mol. The van der Waals surface area contributed by atoms with Crippen LogP contribution >= 0.6 is 0 Å². The fourth-order valence-corrected chi connectivity index (χ4v) is 2.34. The molecule has 88 valence electrons. The van der Waals surface area contributed by atoms with Gasteiger partial charge in [0.2, 0.25) is 0 Å². The zero-order valence-electron chi connectivity index (χ0n) is 9.66. The van der Waals surface area contributed by atoms with Crippen LogP contribution in [-0.2, 0) is 10.3 Å². The maximum absolute atomic E-state index is 13.2. The van der Waals surface area contributed by atoms with Crippen LogP contribution in [0.5, 0.6) is 0 Å². The molecule has 0 radical (unpaired) electrons. The highest BCUT2D eigenvalue weighted by Gasteiger charge is 2.37. The third-order valence-corrected chi connectivity index (χ3v) is 3.47. The number of halogens is 1. The van der Waals surface area contributed by atoms with Crippen molar-refractivity contribution in [2.24, 2.45) is 5.92 Å². The Morgan fingerprint density at radius 3 is 2.88 bits per heavy atom. The standard InChI is InChI=1S/C13H17FO2/c1-9-3-4-11(14)7-12(9)13(2,15)10-5-6-16-8-10/h3-4,7,10,15H,5-6,8H2,1-2H3. The van der Waals surface area contributed by atoms with Gasteiger partial charge >= 0.3 is 0 Å². The molecule has 2 unspecified atom stereocenters. The van der Waals surface area contributed by atoms with Crippen LogP contribution in [0.15, 0.2) is 18.2 Å². The van der Waals surface area contributed by atoms with Crippen LogP contribution in [0.4, 0.5) is 4.39 Å². The van der Waals surface area contributed by atoms with E-state index in [1.807, 2.05) is 6.92 Å². The van der Waals surface area contributed by atoms with E-state index in [2.05, 4.69) is 0 Å². The summed E-state index contributed by atoms with van der Waals surface area (Å²) in [6.07, 6.45) is 0.822. The Bertz CT molecular complexity index is 382. The molecular weight excluding hydrogens is 207 g/mol. The number of aliphatic hydroxyl groups is 1. The van der Waals surface area contributed by atoms with Gasteiger partial charge < -0.3 is 9.84 Å². The van der Waals surface area contributed by atoms with Crippen LogP contribution in [0.2, 0.25) is 0 Å². The first-order chi connectivity index (χ1) is 7.51. The number of benzene rings is 1. The van der Waals surface area contributed by atoms with Gasteiger partial charge in [-0.05, 0) is 43.5 Å². The van der Waals surface area contributed by atoms with Crippen molar-refractivity contribution < 1.29 is 14.2 Å². The summed E-state index contributed by atoms with van der Waals surface area (Å²) in [5.41, 5.74) is 0.573. The van der Waals surface area contributed by atoms with E-state index in [-0.39, 0.29) is 11.7 Å². The van der Waals surface area contributed by atoms with Crippen LogP contribution in [0, 0.1) is 18.7 Å². The fraction of sp³-hybridized carbons (Fsp3) is 0.538. The van der Waals surface area contributed by atoms with Gasteiger partial charge in [-0.25, -0.2) is 4.39 Å². The van der Waals surface area contributed by atoms with E-state index in [0.717, 1.165) is 12.0 Å². The molecular formula is C13H17FO2. The minimum atomic E-state index is -1.01. The zero-order valence-corrected chi connectivity index (χ0v) is 9.66. The highest BCUT2D eigenvalue weighted by Crippen LogP contribution is 2.36. The van der Waals surface area contributed by atoms with E-state index in [0.29, 0.717) is 18.8 Å². The molecule has 1 saturated heterocycles. The molecule has 1 aliphatic heterocycles. The average Bonchev–Trinajstić information content (AvgIpc) is 2.75. The first kappa shape index (κ1) is 11.6. The van der Waals surface area contributed by atoms with Gasteiger partial charge in [0, 0.05) is 12.5 Å². The topological polar surface area (TPSA) is 29.5 Å². The fourth-order valence-electron chi connectivity index (χ4n) is 2.34. The molecule has 16 heavy (non-hydrogen) atoms. The Balaban J connectivity index is 2.37. The Kier molecular flexibility index (Phi) is 3.00. The summed E-state index contributed by atoms with van der Waals surface area (Å²) in [4.78, 5) is 0. The van der Waals surface area contributed by atoms with Gasteiger partial charge in [-0.3, -0.25) is 0 Å². The second-order valence-corrected chi connectivity index (χ2v) is 4.67. The van der Waals surface area contributed by atoms with Gasteiger partial charge in [-0.1, -0.05) is 6.07 Å². The lowest BCUT2D eigenvalue weighted by molar-refractivity contribution is -0.0105. The lowest BCUT2D eigenvalue weighted by Crippen LogP contribution is -2.33. The molecule has 2 nitrogen and oxygen atoms in total. The minimum absolute atomic E-state index is 0.0491. The highest BCUT2D eigenvalue weighted by molar-refractivity contribution is 5.32. The summed E-state index contributed by atoms with van der Waals surface area (Å²) in [6.45, 7) is 4.85. The maximum Gasteiger partial charge on any atom is 0.123 e. The molecule has 1 aromatic carbocycles. The van der Waals surface area contributed by atoms with Crippen molar-refractivity contribution in [2.75, 3.05) is 13.2 Å².